The highest BCUT2D eigenvalue weighted by molar-refractivity contribution is 5.08. The highest BCUT2D eigenvalue weighted by Gasteiger charge is 2.52. The average molecular weight is 659 g/mol. The molecule has 0 aromatic carbocycles. The molecule has 0 unspecified atom stereocenters. The van der Waals surface area contributed by atoms with Crippen LogP contribution in [0.3, 0.4) is 0 Å². The quantitative estimate of drug-likeness (QED) is 0.195. The topological polar surface area (TPSA) is 55.4 Å². The Balaban J connectivity index is 0.000000172. The molecular weight excluding hydrogens is 588 g/mol. The Kier molecular flexibility index (Phi) is 15.9. The smallest absolute Gasteiger partial charge is 0.163 e. The van der Waals surface area contributed by atoms with Crippen molar-refractivity contribution in [2.45, 2.75) is 163 Å². The van der Waals surface area contributed by atoms with Crippen molar-refractivity contribution >= 4 is 0 Å². The number of ether oxygens (including phenoxy) is 6. The molecule has 0 N–H and O–H groups in total. The molecule has 0 aromatic rings. The maximum atomic E-state index is 5.69. The van der Waals surface area contributed by atoms with Crippen molar-refractivity contribution < 1.29 is 28.4 Å². The minimum absolute atomic E-state index is 0.0758. The minimum atomic E-state index is 0.0758. The van der Waals surface area contributed by atoms with Crippen LogP contribution in [0.2, 0.25) is 0 Å². The molecule has 0 radical (unpaired) electrons. The Hall–Kier alpha value is -1.28. The predicted molar refractivity (Wildman–Crippen MR) is 193 cm³/mol. The van der Waals surface area contributed by atoms with E-state index in [0.717, 1.165) is 58.5 Å². The highest BCUT2D eigenvalue weighted by atomic mass is 16.7. The van der Waals surface area contributed by atoms with Crippen LogP contribution in [-0.4, -0.2) is 64.4 Å². The second-order valence-corrected chi connectivity index (χ2v) is 15.9. The molecule has 6 rings (SSSR count). The first-order chi connectivity index (χ1) is 22.3. The lowest BCUT2D eigenvalue weighted by Gasteiger charge is -2.30. The zero-order chi connectivity index (χ0) is 34.6. The second-order valence-electron chi connectivity index (χ2n) is 15.9. The summed E-state index contributed by atoms with van der Waals surface area (Å²) in [4.78, 5) is 0. The first kappa shape index (κ1) is 40.2. The molecule has 6 heteroatoms. The summed E-state index contributed by atoms with van der Waals surface area (Å²) in [6.07, 6.45) is 24.8. The van der Waals surface area contributed by atoms with Crippen molar-refractivity contribution in [3.05, 3.63) is 46.6 Å². The van der Waals surface area contributed by atoms with Gasteiger partial charge in [-0.3, -0.25) is 0 Å². The number of hydrogen-bond acceptors (Lipinski definition) is 6. The maximum absolute atomic E-state index is 5.69. The third-order valence-corrected chi connectivity index (χ3v) is 10.3. The fourth-order valence-electron chi connectivity index (χ4n) is 5.80. The lowest BCUT2D eigenvalue weighted by molar-refractivity contribution is -0.212. The van der Waals surface area contributed by atoms with Crippen LogP contribution in [0.25, 0.3) is 0 Å². The molecule has 0 amide bonds. The van der Waals surface area contributed by atoms with E-state index >= 15 is 0 Å². The van der Waals surface area contributed by atoms with Crippen molar-refractivity contribution in [1.82, 2.24) is 0 Å². The van der Waals surface area contributed by atoms with Crippen LogP contribution in [0.4, 0.5) is 0 Å². The van der Waals surface area contributed by atoms with Gasteiger partial charge in [0.05, 0.1) is 37.6 Å². The molecule has 2 aliphatic heterocycles. The summed E-state index contributed by atoms with van der Waals surface area (Å²) >= 11 is 0. The molecule has 6 fully saturated rings. The van der Waals surface area contributed by atoms with Crippen LogP contribution in [0.5, 0.6) is 0 Å². The fourth-order valence-corrected chi connectivity index (χ4v) is 5.80. The molecule has 0 bridgehead atoms. The Morgan fingerprint density at radius 1 is 0.468 bits per heavy atom. The molecule has 0 aromatic heterocycles. The molecule has 2 heterocycles. The van der Waals surface area contributed by atoms with Crippen molar-refractivity contribution in [3.8, 4) is 0 Å². The Morgan fingerprint density at radius 2 is 0.766 bits per heavy atom. The molecule has 47 heavy (non-hydrogen) atoms. The number of hydrogen-bond donors (Lipinski definition) is 0. The first-order valence-corrected chi connectivity index (χ1v) is 18.4. The molecular formula is C41H70O6. The summed E-state index contributed by atoms with van der Waals surface area (Å²) in [6.45, 7) is 20.4. The van der Waals surface area contributed by atoms with Crippen LogP contribution < -0.4 is 0 Å². The van der Waals surface area contributed by atoms with E-state index in [9.17, 15) is 0 Å². The van der Waals surface area contributed by atoms with E-state index in [1.165, 1.54) is 73.7 Å². The highest BCUT2D eigenvalue weighted by Crippen LogP contribution is 2.55. The van der Waals surface area contributed by atoms with Gasteiger partial charge in [-0.25, -0.2) is 0 Å². The van der Waals surface area contributed by atoms with Crippen molar-refractivity contribution in [2.75, 3.05) is 40.6 Å². The van der Waals surface area contributed by atoms with Crippen LogP contribution in [0.1, 0.15) is 139 Å². The van der Waals surface area contributed by atoms with E-state index in [1.807, 2.05) is 14.2 Å². The van der Waals surface area contributed by atoms with E-state index in [0.29, 0.717) is 10.8 Å². The molecule has 4 saturated carbocycles. The van der Waals surface area contributed by atoms with Gasteiger partial charge in [0, 0.05) is 25.0 Å². The molecule has 6 nitrogen and oxygen atoms in total. The van der Waals surface area contributed by atoms with Gasteiger partial charge >= 0.3 is 0 Å². The van der Waals surface area contributed by atoms with Crippen molar-refractivity contribution in [1.29, 1.82) is 0 Å². The van der Waals surface area contributed by atoms with Crippen molar-refractivity contribution in [2.24, 2.45) is 10.8 Å². The van der Waals surface area contributed by atoms with Gasteiger partial charge < -0.3 is 28.4 Å². The minimum Gasteiger partial charge on any atom is -0.378 e. The molecule has 270 valence electrons. The third kappa shape index (κ3) is 14.2. The zero-order valence-corrected chi connectivity index (χ0v) is 31.9. The van der Waals surface area contributed by atoms with Crippen LogP contribution in [0, 0.1) is 10.8 Å². The van der Waals surface area contributed by atoms with Crippen LogP contribution in [0.15, 0.2) is 46.6 Å². The second kappa shape index (κ2) is 18.6. The van der Waals surface area contributed by atoms with E-state index in [1.54, 1.807) is 0 Å². The Morgan fingerprint density at radius 3 is 1.02 bits per heavy atom. The number of allylic oxidation sites excluding steroid dienone is 6. The number of rotatable bonds is 12. The maximum Gasteiger partial charge on any atom is 0.163 e. The average Bonchev–Trinajstić information content (AvgIpc) is 3.91. The molecule has 0 atom stereocenters. The Bertz CT molecular complexity index is 1000. The molecule has 4 aliphatic carbocycles. The van der Waals surface area contributed by atoms with Gasteiger partial charge in [0.1, 0.15) is 0 Å². The summed E-state index contributed by atoms with van der Waals surface area (Å²) in [6, 6.07) is 0. The number of methoxy groups -OCH3 is 2. The van der Waals surface area contributed by atoms with E-state index in [-0.39, 0.29) is 23.8 Å². The summed E-state index contributed by atoms with van der Waals surface area (Å²) < 4.78 is 33.2. The summed E-state index contributed by atoms with van der Waals surface area (Å²) in [5, 5.41) is 0. The lowest BCUT2D eigenvalue weighted by atomic mass is 10.00. The van der Waals surface area contributed by atoms with Gasteiger partial charge in [0.25, 0.3) is 0 Å². The largest absolute Gasteiger partial charge is 0.378 e. The van der Waals surface area contributed by atoms with Gasteiger partial charge in [-0.05, 0) is 139 Å². The fraction of sp³-hybridized carbons (Fsp3) is 0.805. The van der Waals surface area contributed by atoms with E-state index in [2.05, 4.69) is 79.7 Å². The van der Waals surface area contributed by atoms with E-state index in [4.69, 9.17) is 28.4 Å². The first-order valence-electron chi connectivity index (χ1n) is 18.4. The van der Waals surface area contributed by atoms with Gasteiger partial charge in [-0.1, -0.05) is 46.6 Å². The molecule has 0 spiro atoms. The monoisotopic (exact) mass is 659 g/mol. The third-order valence-electron chi connectivity index (χ3n) is 10.3. The normalized spacial score (nSPS) is 23.5. The van der Waals surface area contributed by atoms with Crippen LogP contribution >= 0.6 is 0 Å². The van der Waals surface area contributed by atoms with E-state index < -0.39 is 0 Å². The SMILES string of the molecule is CC(C)=CCC1(C2OCCCO2)CC1.CC(C)=CCC1(C2OCCO2)CC1.COC1(CC=C(C)C)CC1.COC1(CC=C(C)C)CC1. The van der Waals surface area contributed by atoms with Crippen molar-refractivity contribution in [3.63, 3.8) is 0 Å². The molecule has 2 saturated heterocycles. The molecule has 6 aliphatic rings. The van der Waals surface area contributed by atoms with Gasteiger partial charge in [0.2, 0.25) is 0 Å². The summed E-state index contributed by atoms with van der Waals surface area (Å²) in [5.41, 5.74) is 6.74. The predicted octanol–water partition coefficient (Wildman–Crippen LogP) is 10.4. The summed E-state index contributed by atoms with van der Waals surface area (Å²) in [5.74, 6) is 0. The van der Waals surface area contributed by atoms with Gasteiger partial charge in [-0.2, -0.15) is 0 Å². The summed E-state index contributed by atoms with van der Waals surface area (Å²) in [7, 11) is 3.62. The standard InChI is InChI=1S/C12H20O2.C11H18O2.2C9H16O/c1-10(2)4-5-12(6-7-12)11-13-8-3-9-14-11;1-9(2)3-4-11(5-6-11)10-12-7-8-13-10;2*1-8(2)4-5-9(10-3)6-7-9/h4,11H,3,5-9H2,1-2H3;3,10H,4-8H2,1-2H3;2*4H,5-7H2,1-3H3. The van der Waals surface area contributed by atoms with Crippen LogP contribution in [-0.2, 0) is 28.4 Å². The Labute approximate surface area is 288 Å². The van der Waals surface area contributed by atoms with Gasteiger partial charge in [0.15, 0.2) is 12.6 Å². The lowest BCUT2D eigenvalue weighted by Crippen LogP contribution is -2.33. The van der Waals surface area contributed by atoms with Gasteiger partial charge in [-0.15, -0.1) is 0 Å². The zero-order valence-electron chi connectivity index (χ0n) is 31.9.